The Kier molecular flexibility index (Phi) is 5.25. The molecule has 0 bridgehead atoms. The van der Waals surface area contributed by atoms with Gasteiger partial charge in [0, 0.05) is 12.1 Å². The normalized spacial score (nSPS) is 11.2. The quantitative estimate of drug-likeness (QED) is 0.467. The number of hydrogen-bond acceptors (Lipinski definition) is 5. The molecule has 140 valence electrons. The Labute approximate surface area is 162 Å². The second-order valence-corrected chi connectivity index (χ2v) is 8.11. The Morgan fingerprint density at radius 3 is 2.22 bits per heavy atom. The van der Waals surface area contributed by atoms with Gasteiger partial charge in [-0.05, 0) is 61.5 Å². The average molecular weight is 406 g/mol. The molecule has 0 saturated carbocycles. The van der Waals surface area contributed by atoms with E-state index in [9.17, 15) is 13.2 Å². The molecule has 0 radical (unpaired) electrons. The summed E-state index contributed by atoms with van der Waals surface area (Å²) in [5.41, 5.74) is 0.755. The summed E-state index contributed by atoms with van der Waals surface area (Å²) in [6.07, 6.45) is 1.41. The number of nitrogens with zero attached hydrogens (tertiary/aromatic N) is 1. The van der Waals surface area contributed by atoms with E-state index in [1.165, 1.54) is 55.8 Å². The maximum atomic E-state index is 12.7. The van der Waals surface area contributed by atoms with Gasteiger partial charge in [-0.25, -0.2) is 13.2 Å². The SMILES string of the molecule is Cc1occc1C(=O)Oc1ccc(N(C)S(=O)(=O)c2ccc(Cl)cc2)cc1. The van der Waals surface area contributed by atoms with Gasteiger partial charge in [0.15, 0.2) is 0 Å². The van der Waals surface area contributed by atoms with Gasteiger partial charge >= 0.3 is 5.97 Å². The second-order valence-electron chi connectivity index (χ2n) is 5.70. The number of aryl methyl sites for hydroxylation is 1. The van der Waals surface area contributed by atoms with E-state index in [2.05, 4.69) is 0 Å². The number of carbonyl (C=O) groups excluding carboxylic acids is 1. The largest absolute Gasteiger partial charge is 0.469 e. The third-order valence-corrected chi connectivity index (χ3v) is 6.01. The van der Waals surface area contributed by atoms with Crippen molar-refractivity contribution in [1.82, 2.24) is 0 Å². The molecule has 0 atom stereocenters. The number of sulfonamides is 1. The third kappa shape index (κ3) is 3.99. The zero-order valence-electron chi connectivity index (χ0n) is 14.5. The number of rotatable bonds is 5. The number of halogens is 1. The van der Waals surface area contributed by atoms with Crippen LogP contribution in [0.3, 0.4) is 0 Å². The summed E-state index contributed by atoms with van der Waals surface area (Å²) in [6.45, 7) is 1.66. The molecule has 0 aliphatic rings. The van der Waals surface area contributed by atoms with Gasteiger partial charge in [-0.15, -0.1) is 0 Å². The summed E-state index contributed by atoms with van der Waals surface area (Å²) in [7, 11) is -2.29. The van der Waals surface area contributed by atoms with Crippen LogP contribution in [0.25, 0.3) is 0 Å². The Hall–Kier alpha value is -2.77. The van der Waals surface area contributed by atoms with Crippen LogP contribution in [0.1, 0.15) is 16.1 Å². The van der Waals surface area contributed by atoms with Gasteiger partial charge < -0.3 is 9.15 Å². The Morgan fingerprint density at radius 2 is 1.67 bits per heavy atom. The highest BCUT2D eigenvalue weighted by Gasteiger charge is 2.21. The summed E-state index contributed by atoms with van der Waals surface area (Å²) < 4.78 is 36.9. The minimum absolute atomic E-state index is 0.125. The Balaban J connectivity index is 1.77. The fourth-order valence-electron chi connectivity index (χ4n) is 2.39. The van der Waals surface area contributed by atoms with Crippen LogP contribution in [0.2, 0.25) is 5.02 Å². The van der Waals surface area contributed by atoms with Crippen molar-refractivity contribution in [1.29, 1.82) is 0 Å². The maximum Gasteiger partial charge on any atom is 0.347 e. The van der Waals surface area contributed by atoms with E-state index in [1.54, 1.807) is 19.1 Å². The van der Waals surface area contributed by atoms with Crippen molar-refractivity contribution >= 4 is 33.3 Å². The maximum absolute atomic E-state index is 12.7. The van der Waals surface area contributed by atoms with Gasteiger partial charge in [-0.3, -0.25) is 4.31 Å². The van der Waals surface area contributed by atoms with Crippen molar-refractivity contribution < 1.29 is 22.4 Å². The highest BCUT2D eigenvalue weighted by Crippen LogP contribution is 2.25. The molecule has 0 aliphatic carbocycles. The van der Waals surface area contributed by atoms with E-state index in [1.807, 2.05) is 0 Å². The van der Waals surface area contributed by atoms with E-state index in [-0.39, 0.29) is 4.90 Å². The molecule has 8 heteroatoms. The number of esters is 1. The molecule has 1 aromatic heterocycles. The summed E-state index contributed by atoms with van der Waals surface area (Å²) >= 11 is 5.81. The second kappa shape index (κ2) is 7.46. The predicted molar refractivity (Wildman–Crippen MR) is 102 cm³/mol. The zero-order valence-corrected chi connectivity index (χ0v) is 16.1. The number of anilines is 1. The summed E-state index contributed by atoms with van der Waals surface area (Å²) in [6, 6.07) is 13.6. The predicted octanol–water partition coefficient (Wildman–Crippen LogP) is 4.29. The molecule has 0 unspecified atom stereocenters. The number of furan rings is 1. The summed E-state index contributed by atoms with van der Waals surface area (Å²) in [5, 5.41) is 0.454. The molecule has 0 spiro atoms. The molecule has 3 rings (SSSR count). The topological polar surface area (TPSA) is 76.8 Å². The van der Waals surface area contributed by atoms with Crippen LogP contribution in [0.4, 0.5) is 5.69 Å². The lowest BCUT2D eigenvalue weighted by Gasteiger charge is -2.19. The zero-order chi connectivity index (χ0) is 19.6. The van der Waals surface area contributed by atoms with Crippen LogP contribution in [0.5, 0.6) is 5.75 Å². The first-order valence-corrected chi connectivity index (χ1v) is 9.71. The average Bonchev–Trinajstić information content (AvgIpc) is 3.08. The van der Waals surface area contributed by atoms with Crippen LogP contribution in [0.15, 0.2) is 70.2 Å². The van der Waals surface area contributed by atoms with Crippen molar-refractivity contribution in [2.45, 2.75) is 11.8 Å². The highest BCUT2D eigenvalue weighted by molar-refractivity contribution is 7.92. The van der Waals surface area contributed by atoms with Gasteiger partial charge in [0.2, 0.25) is 0 Å². The molecular formula is C19H16ClNO5S. The summed E-state index contributed by atoms with van der Waals surface area (Å²) in [4.78, 5) is 12.2. The van der Waals surface area contributed by atoms with Crippen molar-refractivity contribution in [3.8, 4) is 5.75 Å². The molecule has 0 saturated heterocycles. The van der Waals surface area contributed by atoms with Gasteiger partial charge in [0.05, 0.1) is 16.8 Å². The molecule has 0 fully saturated rings. The van der Waals surface area contributed by atoms with Crippen LogP contribution in [-0.4, -0.2) is 21.4 Å². The van der Waals surface area contributed by atoms with Crippen molar-refractivity contribution in [3.63, 3.8) is 0 Å². The lowest BCUT2D eigenvalue weighted by atomic mass is 10.2. The monoisotopic (exact) mass is 405 g/mol. The number of hydrogen-bond donors (Lipinski definition) is 0. The molecule has 0 amide bonds. The molecular weight excluding hydrogens is 390 g/mol. The first-order chi connectivity index (χ1) is 12.8. The fourth-order valence-corrected chi connectivity index (χ4v) is 3.71. The van der Waals surface area contributed by atoms with Gasteiger partial charge in [0.25, 0.3) is 10.0 Å². The van der Waals surface area contributed by atoms with E-state index < -0.39 is 16.0 Å². The van der Waals surface area contributed by atoms with E-state index in [0.29, 0.717) is 27.8 Å². The summed E-state index contributed by atoms with van der Waals surface area (Å²) in [5.74, 6) is 0.211. The lowest BCUT2D eigenvalue weighted by Crippen LogP contribution is -2.26. The van der Waals surface area contributed by atoms with Gasteiger partial charge in [-0.2, -0.15) is 0 Å². The molecule has 0 aliphatic heterocycles. The van der Waals surface area contributed by atoms with E-state index in [4.69, 9.17) is 20.8 Å². The minimum Gasteiger partial charge on any atom is -0.469 e. The Bertz CT molecular complexity index is 1060. The minimum atomic E-state index is -3.73. The van der Waals surface area contributed by atoms with Crippen LogP contribution < -0.4 is 9.04 Å². The molecule has 2 aromatic carbocycles. The fraction of sp³-hybridized carbons (Fsp3) is 0.105. The molecule has 6 nitrogen and oxygen atoms in total. The number of benzene rings is 2. The first-order valence-electron chi connectivity index (χ1n) is 7.90. The number of carbonyl (C=O) groups is 1. The highest BCUT2D eigenvalue weighted by atomic mass is 35.5. The van der Waals surface area contributed by atoms with E-state index >= 15 is 0 Å². The standard InChI is InChI=1S/C19H16ClNO5S/c1-13-18(11-12-25-13)19(22)26-16-7-5-15(6-8-16)21(2)27(23,24)17-9-3-14(20)4-10-17/h3-12H,1-2H3. The molecule has 3 aromatic rings. The molecule has 0 N–H and O–H groups in total. The third-order valence-electron chi connectivity index (χ3n) is 3.96. The van der Waals surface area contributed by atoms with Crippen LogP contribution >= 0.6 is 11.6 Å². The van der Waals surface area contributed by atoms with Crippen molar-refractivity contribution in [2.75, 3.05) is 11.4 Å². The lowest BCUT2D eigenvalue weighted by molar-refractivity contribution is 0.0733. The molecule has 27 heavy (non-hydrogen) atoms. The van der Waals surface area contributed by atoms with E-state index in [0.717, 1.165) is 4.31 Å². The van der Waals surface area contributed by atoms with Gasteiger partial charge in [0.1, 0.15) is 17.1 Å². The Morgan fingerprint density at radius 1 is 1.04 bits per heavy atom. The smallest absolute Gasteiger partial charge is 0.347 e. The molecule has 1 heterocycles. The van der Waals surface area contributed by atoms with Crippen LogP contribution in [-0.2, 0) is 10.0 Å². The number of ether oxygens (including phenoxy) is 1. The van der Waals surface area contributed by atoms with Gasteiger partial charge in [-0.1, -0.05) is 11.6 Å². The van der Waals surface area contributed by atoms with Crippen molar-refractivity contribution in [2.24, 2.45) is 0 Å². The van der Waals surface area contributed by atoms with Crippen LogP contribution in [0, 0.1) is 6.92 Å². The first kappa shape index (κ1) is 19.0. The van der Waals surface area contributed by atoms with Crippen molar-refractivity contribution in [3.05, 3.63) is 77.2 Å².